The van der Waals surface area contributed by atoms with Gasteiger partial charge in [0.2, 0.25) is 5.91 Å². The van der Waals surface area contributed by atoms with Crippen LogP contribution in [-0.4, -0.2) is 42.5 Å². The molecular weight excluding hydrogens is 250 g/mol. The molecule has 0 radical (unpaired) electrons. The predicted molar refractivity (Wildman–Crippen MR) is 82.4 cm³/mol. The second-order valence-corrected chi connectivity index (χ2v) is 6.49. The summed E-state index contributed by atoms with van der Waals surface area (Å²) in [5.41, 5.74) is 5.95. The Morgan fingerprint density at radius 3 is 2.60 bits per heavy atom. The molecule has 1 amide bonds. The van der Waals surface area contributed by atoms with Crippen LogP contribution in [0.5, 0.6) is 0 Å². The van der Waals surface area contributed by atoms with E-state index in [2.05, 4.69) is 17.1 Å². The van der Waals surface area contributed by atoms with Crippen LogP contribution in [0.2, 0.25) is 0 Å². The second-order valence-electron chi connectivity index (χ2n) is 6.49. The highest BCUT2D eigenvalue weighted by Crippen LogP contribution is 2.25. The van der Waals surface area contributed by atoms with Crippen molar-refractivity contribution in [1.29, 1.82) is 0 Å². The molecule has 1 saturated carbocycles. The van der Waals surface area contributed by atoms with E-state index in [4.69, 9.17) is 5.73 Å². The maximum atomic E-state index is 12.2. The summed E-state index contributed by atoms with van der Waals surface area (Å²) in [4.78, 5) is 14.6. The summed E-state index contributed by atoms with van der Waals surface area (Å²) < 4.78 is 0. The third kappa shape index (κ3) is 4.19. The monoisotopic (exact) mass is 281 g/mol. The first-order chi connectivity index (χ1) is 9.74. The molecule has 2 rings (SSSR count). The molecule has 0 aromatic rings. The van der Waals surface area contributed by atoms with Crippen LogP contribution in [0.25, 0.3) is 0 Å². The van der Waals surface area contributed by atoms with Gasteiger partial charge in [0.1, 0.15) is 0 Å². The molecule has 2 unspecified atom stereocenters. The summed E-state index contributed by atoms with van der Waals surface area (Å²) in [5.74, 6) is 0.864. The van der Waals surface area contributed by atoms with Crippen molar-refractivity contribution in [2.24, 2.45) is 11.7 Å². The zero-order valence-corrected chi connectivity index (χ0v) is 12.9. The van der Waals surface area contributed by atoms with Gasteiger partial charge in [0.05, 0.1) is 6.54 Å². The molecular formula is C16H31N3O. The number of carbonyl (C=O) groups excluding carboxylic acids is 1. The molecule has 20 heavy (non-hydrogen) atoms. The Morgan fingerprint density at radius 1 is 1.20 bits per heavy atom. The zero-order valence-electron chi connectivity index (χ0n) is 12.9. The molecule has 2 fully saturated rings. The van der Waals surface area contributed by atoms with Crippen LogP contribution in [0.1, 0.15) is 58.3 Å². The average Bonchev–Trinajstić information content (AvgIpc) is 2.47. The van der Waals surface area contributed by atoms with E-state index in [0.717, 1.165) is 19.4 Å². The van der Waals surface area contributed by atoms with Gasteiger partial charge in [-0.05, 0) is 38.1 Å². The smallest absolute Gasteiger partial charge is 0.234 e. The highest BCUT2D eigenvalue weighted by molar-refractivity contribution is 5.78. The van der Waals surface area contributed by atoms with Crippen LogP contribution in [0, 0.1) is 5.92 Å². The molecule has 1 heterocycles. The lowest BCUT2D eigenvalue weighted by molar-refractivity contribution is -0.124. The number of nitrogens with one attached hydrogen (secondary N) is 1. The van der Waals surface area contributed by atoms with Crippen molar-refractivity contribution in [3.63, 3.8) is 0 Å². The first kappa shape index (κ1) is 15.8. The largest absolute Gasteiger partial charge is 0.352 e. The Labute approximate surface area is 123 Å². The minimum atomic E-state index is 0.201. The molecule has 0 aromatic heterocycles. The summed E-state index contributed by atoms with van der Waals surface area (Å²) >= 11 is 0. The molecule has 1 aliphatic heterocycles. The Morgan fingerprint density at radius 2 is 1.95 bits per heavy atom. The fourth-order valence-electron chi connectivity index (χ4n) is 3.93. The van der Waals surface area contributed by atoms with Crippen molar-refractivity contribution in [3.8, 4) is 0 Å². The number of nitrogens with two attached hydrogens (primary N) is 1. The first-order valence-corrected chi connectivity index (χ1v) is 8.48. The maximum Gasteiger partial charge on any atom is 0.234 e. The molecule has 2 atom stereocenters. The van der Waals surface area contributed by atoms with Gasteiger partial charge in [-0.15, -0.1) is 0 Å². The van der Waals surface area contributed by atoms with Crippen LogP contribution in [0.15, 0.2) is 0 Å². The molecule has 2 aliphatic rings. The number of hydrogen-bond acceptors (Lipinski definition) is 3. The van der Waals surface area contributed by atoms with Gasteiger partial charge in [-0.2, -0.15) is 0 Å². The van der Waals surface area contributed by atoms with Gasteiger partial charge in [0, 0.05) is 18.6 Å². The van der Waals surface area contributed by atoms with Crippen molar-refractivity contribution in [1.82, 2.24) is 10.2 Å². The van der Waals surface area contributed by atoms with Crippen molar-refractivity contribution in [3.05, 3.63) is 0 Å². The number of amides is 1. The van der Waals surface area contributed by atoms with Gasteiger partial charge in [-0.3, -0.25) is 9.69 Å². The lowest BCUT2D eigenvalue weighted by atomic mass is 9.87. The lowest BCUT2D eigenvalue weighted by Crippen LogP contribution is -2.53. The van der Waals surface area contributed by atoms with E-state index in [-0.39, 0.29) is 5.91 Å². The van der Waals surface area contributed by atoms with Gasteiger partial charge in [0.25, 0.3) is 0 Å². The van der Waals surface area contributed by atoms with Crippen molar-refractivity contribution >= 4 is 5.91 Å². The number of rotatable bonds is 5. The molecule has 1 aliphatic carbocycles. The Kier molecular flexibility index (Phi) is 6.30. The van der Waals surface area contributed by atoms with E-state index >= 15 is 0 Å². The average molecular weight is 281 g/mol. The lowest BCUT2D eigenvalue weighted by Gasteiger charge is -2.40. The number of carbonyl (C=O) groups is 1. The zero-order chi connectivity index (χ0) is 14.4. The predicted octanol–water partition coefficient (Wildman–Crippen LogP) is 1.88. The van der Waals surface area contributed by atoms with Gasteiger partial charge >= 0.3 is 0 Å². The summed E-state index contributed by atoms with van der Waals surface area (Å²) in [6.45, 7) is 4.47. The minimum Gasteiger partial charge on any atom is -0.352 e. The van der Waals surface area contributed by atoms with Crippen molar-refractivity contribution in [2.45, 2.75) is 70.4 Å². The fraction of sp³-hybridized carbons (Fsp3) is 0.938. The Hall–Kier alpha value is -0.610. The molecule has 0 aromatic carbocycles. The summed E-state index contributed by atoms with van der Waals surface area (Å²) in [6.07, 6.45) is 9.79. The van der Waals surface area contributed by atoms with Crippen LogP contribution >= 0.6 is 0 Å². The van der Waals surface area contributed by atoms with E-state index in [1.54, 1.807) is 0 Å². The molecule has 4 nitrogen and oxygen atoms in total. The Balaban J connectivity index is 1.82. The maximum absolute atomic E-state index is 12.2. The quantitative estimate of drug-likeness (QED) is 0.809. The first-order valence-electron chi connectivity index (χ1n) is 8.48. The summed E-state index contributed by atoms with van der Waals surface area (Å²) in [5, 5.41) is 3.22. The van der Waals surface area contributed by atoms with Crippen molar-refractivity contribution < 1.29 is 4.79 Å². The molecule has 0 bridgehead atoms. The summed E-state index contributed by atoms with van der Waals surface area (Å²) in [7, 11) is 0. The molecule has 0 spiro atoms. The van der Waals surface area contributed by atoms with Gasteiger partial charge < -0.3 is 11.1 Å². The Bertz CT molecular complexity index is 302. The SMILES string of the molecule is CCC1CCCN(CC(=O)NC2CCCCC2)C1CN. The minimum absolute atomic E-state index is 0.201. The highest BCUT2D eigenvalue weighted by atomic mass is 16.2. The molecule has 116 valence electrons. The molecule has 1 saturated heterocycles. The van der Waals surface area contributed by atoms with Gasteiger partial charge in [-0.1, -0.05) is 32.6 Å². The fourth-order valence-corrected chi connectivity index (χ4v) is 3.93. The number of piperidine rings is 1. The van der Waals surface area contributed by atoms with Crippen LogP contribution in [-0.2, 0) is 4.79 Å². The van der Waals surface area contributed by atoms with Crippen LogP contribution in [0.4, 0.5) is 0 Å². The second kappa shape index (κ2) is 7.99. The third-order valence-electron chi connectivity index (χ3n) is 5.12. The number of hydrogen-bond donors (Lipinski definition) is 2. The highest BCUT2D eigenvalue weighted by Gasteiger charge is 2.30. The van der Waals surface area contributed by atoms with Gasteiger partial charge in [0.15, 0.2) is 0 Å². The van der Waals surface area contributed by atoms with Gasteiger partial charge in [-0.25, -0.2) is 0 Å². The van der Waals surface area contributed by atoms with Crippen LogP contribution in [0.3, 0.4) is 0 Å². The van der Waals surface area contributed by atoms with E-state index in [1.165, 1.54) is 38.5 Å². The standard InChI is InChI=1S/C16H31N3O/c1-2-13-7-6-10-19(15(13)11-17)12-16(20)18-14-8-4-3-5-9-14/h13-15H,2-12,17H2,1H3,(H,18,20). The van der Waals surface area contributed by atoms with Crippen LogP contribution < -0.4 is 11.1 Å². The van der Waals surface area contributed by atoms with Crippen molar-refractivity contribution in [2.75, 3.05) is 19.6 Å². The topological polar surface area (TPSA) is 58.4 Å². The molecule has 3 N–H and O–H groups in total. The normalized spacial score (nSPS) is 29.3. The van der Waals surface area contributed by atoms with E-state index in [9.17, 15) is 4.79 Å². The number of likely N-dealkylation sites (tertiary alicyclic amines) is 1. The van der Waals surface area contributed by atoms with E-state index in [1.807, 2.05) is 0 Å². The van der Waals surface area contributed by atoms with E-state index in [0.29, 0.717) is 31.1 Å². The third-order valence-corrected chi connectivity index (χ3v) is 5.12. The summed E-state index contributed by atoms with van der Waals surface area (Å²) in [6, 6.07) is 0.810. The molecule has 4 heteroatoms. The number of nitrogens with zero attached hydrogens (tertiary/aromatic N) is 1. The van der Waals surface area contributed by atoms with E-state index < -0.39 is 0 Å².